The Hall–Kier alpha value is -1.50. The van der Waals surface area contributed by atoms with Crippen molar-refractivity contribution in [1.29, 1.82) is 0 Å². The summed E-state index contributed by atoms with van der Waals surface area (Å²) in [6.07, 6.45) is -1.35. The zero-order valence-electron chi connectivity index (χ0n) is 9.45. The van der Waals surface area contributed by atoms with Crippen molar-refractivity contribution in [2.75, 3.05) is 34.8 Å². The minimum atomic E-state index is -1.35. The van der Waals surface area contributed by atoms with Gasteiger partial charge in [0, 0.05) is 30.3 Å². The van der Waals surface area contributed by atoms with Gasteiger partial charge in [-0.25, -0.2) is 13.6 Å². The molecule has 0 bridgehead atoms. The van der Waals surface area contributed by atoms with Gasteiger partial charge in [0.2, 0.25) is 0 Å². The van der Waals surface area contributed by atoms with Gasteiger partial charge in [-0.15, -0.1) is 0 Å². The summed E-state index contributed by atoms with van der Waals surface area (Å²) in [4.78, 5) is 12.1. The van der Waals surface area contributed by atoms with Gasteiger partial charge in [0.15, 0.2) is 11.6 Å². The molecule has 1 aliphatic heterocycles. The van der Waals surface area contributed by atoms with Crippen molar-refractivity contribution in [2.45, 2.75) is 0 Å². The summed E-state index contributed by atoms with van der Waals surface area (Å²) in [5.74, 6) is 0.165. The molecular formula is C11H12F2N2O2S. The Bertz CT molecular complexity index is 441. The number of halogens is 2. The predicted molar refractivity (Wildman–Crippen MR) is 67.5 cm³/mol. The molecule has 0 spiro atoms. The van der Waals surface area contributed by atoms with Crippen LogP contribution in [0, 0.1) is 11.6 Å². The maximum absolute atomic E-state index is 13.8. The van der Waals surface area contributed by atoms with E-state index in [1.54, 1.807) is 16.7 Å². The van der Waals surface area contributed by atoms with Gasteiger partial charge in [-0.05, 0) is 12.1 Å². The highest BCUT2D eigenvalue weighted by Crippen LogP contribution is 2.28. The molecule has 4 nitrogen and oxygen atoms in total. The number of rotatable bonds is 2. The van der Waals surface area contributed by atoms with Gasteiger partial charge in [0.1, 0.15) is 5.69 Å². The molecule has 0 aliphatic carbocycles. The fourth-order valence-electron chi connectivity index (χ4n) is 1.85. The summed E-state index contributed by atoms with van der Waals surface area (Å²) in [7, 11) is 0. The van der Waals surface area contributed by atoms with Crippen LogP contribution in [0.5, 0.6) is 0 Å². The molecule has 98 valence electrons. The van der Waals surface area contributed by atoms with Crippen LogP contribution in [0.15, 0.2) is 12.1 Å². The van der Waals surface area contributed by atoms with Crippen LogP contribution >= 0.6 is 11.8 Å². The Morgan fingerprint density at radius 2 is 1.83 bits per heavy atom. The lowest BCUT2D eigenvalue weighted by Crippen LogP contribution is -2.33. The first-order chi connectivity index (χ1) is 8.58. The molecular weight excluding hydrogens is 262 g/mol. The maximum Gasteiger partial charge on any atom is 0.409 e. The van der Waals surface area contributed by atoms with Gasteiger partial charge < -0.3 is 10.0 Å². The zero-order chi connectivity index (χ0) is 13.1. The fraction of sp³-hybridized carbons (Fsp3) is 0.364. The molecule has 1 saturated heterocycles. The third kappa shape index (κ3) is 2.84. The largest absolute Gasteiger partial charge is 0.465 e. The van der Waals surface area contributed by atoms with Crippen molar-refractivity contribution in [1.82, 2.24) is 0 Å². The summed E-state index contributed by atoms with van der Waals surface area (Å²) in [5.41, 5.74) is -0.182. The number of carboxylic acid groups (broad SMARTS) is 1. The van der Waals surface area contributed by atoms with Crippen molar-refractivity contribution in [3.63, 3.8) is 0 Å². The van der Waals surface area contributed by atoms with Crippen molar-refractivity contribution < 1.29 is 18.7 Å². The molecule has 1 aliphatic rings. The van der Waals surface area contributed by atoms with Crippen molar-refractivity contribution in [3.8, 4) is 0 Å². The quantitative estimate of drug-likeness (QED) is 0.870. The van der Waals surface area contributed by atoms with Crippen LogP contribution in [-0.2, 0) is 0 Å². The van der Waals surface area contributed by atoms with Crippen molar-refractivity contribution in [3.05, 3.63) is 23.8 Å². The Kier molecular flexibility index (Phi) is 3.90. The van der Waals surface area contributed by atoms with E-state index in [-0.39, 0.29) is 11.4 Å². The summed E-state index contributed by atoms with van der Waals surface area (Å²) in [6, 6.07) is 1.99. The minimum absolute atomic E-state index is 0.0776. The predicted octanol–water partition coefficient (Wildman–Crippen LogP) is 2.61. The van der Waals surface area contributed by atoms with E-state index in [1.807, 2.05) is 5.32 Å². The highest BCUT2D eigenvalue weighted by atomic mass is 32.2. The third-order valence-corrected chi connectivity index (χ3v) is 3.54. The molecule has 18 heavy (non-hydrogen) atoms. The van der Waals surface area contributed by atoms with E-state index in [1.165, 1.54) is 0 Å². The fourth-order valence-corrected chi connectivity index (χ4v) is 2.75. The lowest BCUT2D eigenvalue weighted by molar-refractivity contribution is 0.209. The standard InChI is InChI=1S/C11H12F2N2O2S/c12-8-5-7(14-11(16)17)6-9(13)10(8)15-1-3-18-4-2-15/h5-6,14H,1-4H2,(H,16,17). The van der Waals surface area contributed by atoms with Gasteiger partial charge >= 0.3 is 6.09 Å². The molecule has 0 radical (unpaired) electrons. The monoisotopic (exact) mass is 274 g/mol. The highest BCUT2D eigenvalue weighted by Gasteiger charge is 2.20. The molecule has 1 aromatic rings. The SMILES string of the molecule is O=C(O)Nc1cc(F)c(N2CCSCC2)c(F)c1. The molecule has 1 fully saturated rings. The first kappa shape index (κ1) is 12.9. The van der Waals surface area contributed by atoms with Crippen LogP contribution in [0.1, 0.15) is 0 Å². The molecule has 1 heterocycles. The van der Waals surface area contributed by atoms with Crippen LogP contribution in [0.3, 0.4) is 0 Å². The lowest BCUT2D eigenvalue weighted by Gasteiger charge is -2.29. The average Bonchev–Trinajstić information content (AvgIpc) is 2.28. The van der Waals surface area contributed by atoms with Crippen molar-refractivity contribution in [2.24, 2.45) is 0 Å². The van der Waals surface area contributed by atoms with Gasteiger partial charge in [-0.3, -0.25) is 5.32 Å². The van der Waals surface area contributed by atoms with Gasteiger partial charge in [-0.2, -0.15) is 11.8 Å². The summed E-state index contributed by atoms with van der Waals surface area (Å²) >= 11 is 1.74. The smallest absolute Gasteiger partial charge is 0.409 e. The van der Waals surface area contributed by atoms with Gasteiger partial charge in [-0.1, -0.05) is 0 Å². The molecule has 1 aromatic carbocycles. The van der Waals surface area contributed by atoms with E-state index in [0.717, 1.165) is 23.6 Å². The summed E-state index contributed by atoms with van der Waals surface area (Å²) in [6.45, 7) is 1.18. The maximum atomic E-state index is 13.8. The second-order valence-electron chi connectivity index (χ2n) is 3.82. The second kappa shape index (κ2) is 5.43. The third-order valence-electron chi connectivity index (χ3n) is 2.60. The Morgan fingerprint density at radius 3 is 2.33 bits per heavy atom. The van der Waals surface area contributed by atoms with E-state index in [9.17, 15) is 13.6 Å². The molecule has 0 saturated carbocycles. The Labute approximate surface area is 107 Å². The number of hydrogen-bond donors (Lipinski definition) is 2. The average molecular weight is 274 g/mol. The number of carbonyl (C=O) groups is 1. The summed E-state index contributed by atoms with van der Waals surface area (Å²) in [5, 5.41) is 10.4. The lowest BCUT2D eigenvalue weighted by atomic mass is 10.2. The number of amides is 1. The van der Waals surface area contributed by atoms with Crippen LogP contribution in [0.4, 0.5) is 25.0 Å². The normalized spacial score (nSPS) is 15.6. The number of benzene rings is 1. The number of anilines is 2. The molecule has 0 aromatic heterocycles. The minimum Gasteiger partial charge on any atom is -0.465 e. The van der Waals surface area contributed by atoms with E-state index in [2.05, 4.69) is 0 Å². The molecule has 1 amide bonds. The zero-order valence-corrected chi connectivity index (χ0v) is 10.3. The molecule has 2 N–H and O–H groups in total. The first-order valence-electron chi connectivity index (χ1n) is 5.39. The topological polar surface area (TPSA) is 52.6 Å². The Balaban J connectivity index is 2.28. The molecule has 2 rings (SSSR count). The number of hydrogen-bond acceptors (Lipinski definition) is 3. The number of nitrogens with one attached hydrogen (secondary N) is 1. The number of nitrogens with zero attached hydrogens (tertiary/aromatic N) is 1. The van der Waals surface area contributed by atoms with Gasteiger partial charge in [0.25, 0.3) is 0 Å². The van der Waals surface area contributed by atoms with E-state index in [4.69, 9.17) is 5.11 Å². The van der Waals surface area contributed by atoms with Gasteiger partial charge in [0.05, 0.1) is 0 Å². The van der Waals surface area contributed by atoms with Crippen LogP contribution < -0.4 is 10.2 Å². The van der Waals surface area contributed by atoms with Crippen molar-refractivity contribution >= 4 is 29.2 Å². The highest BCUT2D eigenvalue weighted by molar-refractivity contribution is 7.99. The van der Waals surface area contributed by atoms with E-state index >= 15 is 0 Å². The molecule has 7 heteroatoms. The Morgan fingerprint density at radius 1 is 1.28 bits per heavy atom. The first-order valence-corrected chi connectivity index (χ1v) is 6.55. The van der Waals surface area contributed by atoms with Crippen LogP contribution in [0.2, 0.25) is 0 Å². The second-order valence-corrected chi connectivity index (χ2v) is 5.04. The van der Waals surface area contributed by atoms with E-state index < -0.39 is 17.7 Å². The van der Waals surface area contributed by atoms with E-state index in [0.29, 0.717) is 13.1 Å². The summed E-state index contributed by atoms with van der Waals surface area (Å²) < 4.78 is 27.6. The molecule has 0 atom stereocenters. The van der Waals surface area contributed by atoms with Crippen LogP contribution in [0.25, 0.3) is 0 Å². The molecule has 0 unspecified atom stereocenters. The van der Waals surface area contributed by atoms with Crippen LogP contribution in [-0.4, -0.2) is 35.8 Å². The number of thioether (sulfide) groups is 1.